The Bertz CT molecular complexity index is 618. The monoisotopic (exact) mass is 330 g/mol. The molecule has 2 fully saturated rings. The predicted octanol–water partition coefficient (Wildman–Crippen LogP) is 3.44. The van der Waals surface area contributed by atoms with Crippen LogP contribution >= 0.6 is 0 Å². The minimum absolute atomic E-state index is 0.146. The van der Waals surface area contributed by atoms with E-state index in [1.54, 1.807) is 7.05 Å². The van der Waals surface area contributed by atoms with Crippen molar-refractivity contribution in [3.63, 3.8) is 0 Å². The van der Waals surface area contributed by atoms with Crippen molar-refractivity contribution < 1.29 is 14.3 Å². The quantitative estimate of drug-likeness (QED) is 0.864. The summed E-state index contributed by atoms with van der Waals surface area (Å²) in [4.78, 5) is 25.4. The number of carbonyl (C=O) groups is 2. The zero-order valence-corrected chi connectivity index (χ0v) is 14.7. The second kappa shape index (κ2) is 6.46. The summed E-state index contributed by atoms with van der Waals surface area (Å²) >= 11 is 0. The van der Waals surface area contributed by atoms with Crippen LogP contribution in [0.25, 0.3) is 0 Å². The molecule has 5 nitrogen and oxygen atoms in total. The average molecular weight is 330 g/mol. The van der Waals surface area contributed by atoms with Crippen LogP contribution in [0.5, 0.6) is 5.75 Å². The highest BCUT2D eigenvalue weighted by Gasteiger charge is 2.50. The van der Waals surface area contributed by atoms with E-state index in [1.807, 2.05) is 26.0 Å². The molecule has 2 aliphatic rings. The number of carbonyl (C=O) groups excluding carboxylic acids is 2. The van der Waals surface area contributed by atoms with Crippen LogP contribution in [-0.4, -0.2) is 35.5 Å². The molecule has 5 heteroatoms. The summed E-state index contributed by atoms with van der Waals surface area (Å²) in [6.07, 6.45) is 5.91. The third-order valence-electron chi connectivity index (χ3n) is 5.21. The fourth-order valence-electron chi connectivity index (χ4n) is 3.89. The van der Waals surface area contributed by atoms with E-state index in [1.165, 1.54) is 42.6 Å². The highest BCUT2D eigenvalue weighted by molar-refractivity contribution is 5.93. The fraction of sp³-hybridized carbons (Fsp3) is 0.579. The number of benzene rings is 1. The van der Waals surface area contributed by atoms with Crippen LogP contribution in [0, 0.1) is 0 Å². The Morgan fingerprint density at radius 3 is 2.33 bits per heavy atom. The number of ether oxygens (including phenoxy) is 1. The van der Waals surface area contributed by atoms with Gasteiger partial charge in [-0.3, -0.25) is 9.69 Å². The Labute approximate surface area is 143 Å². The van der Waals surface area contributed by atoms with Gasteiger partial charge >= 0.3 is 6.09 Å². The van der Waals surface area contributed by atoms with Gasteiger partial charge in [0.25, 0.3) is 0 Å². The summed E-state index contributed by atoms with van der Waals surface area (Å²) < 4.78 is 5.42. The molecule has 0 aromatic heterocycles. The summed E-state index contributed by atoms with van der Waals surface area (Å²) in [6.45, 7) is 3.78. The molecule has 1 aromatic carbocycles. The molecule has 24 heavy (non-hydrogen) atoms. The maximum atomic E-state index is 12.3. The van der Waals surface area contributed by atoms with Gasteiger partial charge in [0, 0.05) is 7.05 Å². The molecule has 1 saturated heterocycles. The molecule has 1 N–H and O–H groups in total. The van der Waals surface area contributed by atoms with Crippen molar-refractivity contribution in [2.45, 2.75) is 63.5 Å². The van der Waals surface area contributed by atoms with Crippen LogP contribution in [0.1, 0.15) is 57.4 Å². The number of nitrogens with zero attached hydrogens (tertiary/aromatic N) is 1. The SMILES string of the molecule is CN(C(=O)Oc1ccc(C2CCCCC2)cc1)[C@H]1C(=O)NC1(C)C. The normalized spacial score (nSPS) is 23.1. The largest absolute Gasteiger partial charge is 0.415 e. The predicted molar refractivity (Wildman–Crippen MR) is 92.1 cm³/mol. The van der Waals surface area contributed by atoms with Crippen LogP contribution in [-0.2, 0) is 4.79 Å². The lowest BCUT2D eigenvalue weighted by atomic mass is 9.84. The summed E-state index contributed by atoms with van der Waals surface area (Å²) in [7, 11) is 1.60. The minimum atomic E-state index is -0.506. The van der Waals surface area contributed by atoms with Crippen molar-refractivity contribution >= 4 is 12.0 Å². The fourth-order valence-corrected chi connectivity index (χ4v) is 3.89. The van der Waals surface area contributed by atoms with E-state index in [2.05, 4.69) is 17.4 Å². The molecule has 1 aliphatic heterocycles. The Morgan fingerprint density at radius 1 is 1.17 bits per heavy atom. The molecule has 0 radical (unpaired) electrons. The molecule has 0 spiro atoms. The topological polar surface area (TPSA) is 58.6 Å². The Balaban J connectivity index is 1.61. The lowest BCUT2D eigenvalue weighted by Gasteiger charge is -2.47. The van der Waals surface area contributed by atoms with Crippen LogP contribution in [0.2, 0.25) is 0 Å². The summed E-state index contributed by atoms with van der Waals surface area (Å²) in [5.41, 5.74) is 0.901. The lowest BCUT2D eigenvalue weighted by Crippen LogP contribution is -2.75. The van der Waals surface area contributed by atoms with E-state index in [-0.39, 0.29) is 5.91 Å². The molecule has 1 saturated carbocycles. The maximum absolute atomic E-state index is 12.3. The Hall–Kier alpha value is -2.04. The van der Waals surface area contributed by atoms with E-state index in [9.17, 15) is 9.59 Å². The van der Waals surface area contributed by atoms with Crippen molar-refractivity contribution in [2.75, 3.05) is 7.05 Å². The van der Waals surface area contributed by atoms with Gasteiger partial charge in [-0.05, 0) is 50.3 Å². The molecular formula is C19H26N2O3. The molecule has 3 rings (SSSR count). The van der Waals surface area contributed by atoms with Crippen molar-refractivity contribution in [1.29, 1.82) is 0 Å². The Morgan fingerprint density at radius 2 is 1.79 bits per heavy atom. The van der Waals surface area contributed by atoms with Gasteiger partial charge in [-0.2, -0.15) is 0 Å². The van der Waals surface area contributed by atoms with E-state index in [0.29, 0.717) is 11.7 Å². The van der Waals surface area contributed by atoms with E-state index in [0.717, 1.165) is 0 Å². The second-order valence-electron chi connectivity index (χ2n) is 7.50. The molecule has 1 aliphatic carbocycles. The maximum Gasteiger partial charge on any atom is 0.415 e. The first kappa shape index (κ1) is 16.8. The number of β-lactam (4-membered cyclic amide) rings is 1. The third-order valence-corrected chi connectivity index (χ3v) is 5.21. The molecule has 1 atom stereocenters. The first-order chi connectivity index (χ1) is 11.4. The zero-order chi connectivity index (χ0) is 17.3. The standard InChI is InChI=1S/C19H26N2O3/c1-19(2)16(17(22)20-19)21(3)18(23)24-15-11-9-14(10-12-15)13-7-5-4-6-8-13/h9-13,16H,4-8H2,1-3H3,(H,20,22)/t16-/m0/s1. The minimum Gasteiger partial charge on any atom is -0.410 e. The molecule has 2 amide bonds. The van der Waals surface area contributed by atoms with Crippen LogP contribution in [0.3, 0.4) is 0 Å². The highest BCUT2D eigenvalue weighted by atomic mass is 16.6. The van der Waals surface area contributed by atoms with Crippen molar-refractivity contribution in [2.24, 2.45) is 0 Å². The molecule has 0 bridgehead atoms. The number of nitrogens with one attached hydrogen (secondary N) is 1. The van der Waals surface area contributed by atoms with Crippen LogP contribution in [0.15, 0.2) is 24.3 Å². The van der Waals surface area contributed by atoms with Gasteiger partial charge in [0.15, 0.2) is 0 Å². The number of hydrogen-bond acceptors (Lipinski definition) is 3. The number of rotatable bonds is 3. The van der Waals surface area contributed by atoms with Crippen LogP contribution < -0.4 is 10.1 Å². The van der Waals surface area contributed by atoms with E-state index < -0.39 is 17.7 Å². The summed E-state index contributed by atoms with van der Waals surface area (Å²) in [5.74, 6) is 1.00. The Kier molecular flexibility index (Phi) is 4.52. The van der Waals surface area contributed by atoms with Gasteiger partial charge in [0.1, 0.15) is 11.8 Å². The van der Waals surface area contributed by atoms with Crippen LogP contribution in [0.4, 0.5) is 4.79 Å². The van der Waals surface area contributed by atoms with Gasteiger partial charge in [0.05, 0.1) is 5.54 Å². The lowest BCUT2D eigenvalue weighted by molar-refractivity contribution is -0.140. The highest BCUT2D eigenvalue weighted by Crippen LogP contribution is 2.33. The zero-order valence-electron chi connectivity index (χ0n) is 14.7. The summed E-state index contributed by atoms with van der Waals surface area (Å²) in [5, 5.41) is 2.79. The molecule has 130 valence electrons. The molecule has 1 heterocycles. The second-order valence-corrected chi connectivity index (χ2v) is 7.50. The summed E-state index contributed by atoms with van der Waals surface area (Å²) in [6, 6.07) is 7.31. The van der Waals surface area contributed by atoms with Crippen molar-refractivity contribution in [3.05, 3.63) is 29.8 Å². The van der Waals surface area contributed by atoms with E-state index in [4.69, 9.17) is 4.74 Å². The van der Waals surface area contributed by atoms with Crippen molar-refractivity contribution in [1.82, 2.24) is 10.2 Å². The molecular weight excluding hydrogens is 304 g/mol. The average Bonchev–Trinajstić information content (AvgIpc) is 2.55. The first-order valence-electron chi connectivity index (χ1n) is 8.75. The molecule has 0 unspecified atom stereocenters. The van der Waals surface area contributed by atoms with Gasteiger partial charge < -0.3 is 10.1 Å². The number of amides is 2. The van der Waals surface area contributed by atoms with E-state index >= 15 is 0 Å². The number of hydrogen-bond donors (Lipinski definition) is 1. The molecule has 1 aromatic rings. The first-order valence-corrected chi connectivity index (χ1v) is 8.75. The van der Waals surface area contributed by atoms with Crippen molar-refractivity contribution in [3.8, 4) is 5.75 Å². The third kappa shape index (κ3) is 3.25. The van der Waals surface area contributed by atoms with Gasteiger partial charge in [-0.25, -0.2) is 4.79 Å². The number of likely N-dealkylation sites (N-methyl/N-ethyl adjacent to an activating group) is 1. The van der Waals surface area contributed by atoms with Gasteiger partial charge in [-0.1, -0.05) is 31.4 Å². The smallest absolute Gasteiger partial charge is 0.410 e. The van der Waals surface area contributed by atoms with Gasteiger partial charge in [-0.15, -0.1) is 0 Å². The van der Waals surface area contributed by atoms with Gasteiger partial charge in [0.2, 0.25) is 5.91 Å².